The van der Waals surface area contributed by atoms with Crippen LogP contribution in [0.3, 0.4) is 0 Å². The first-order valence-electron chi connectivity index (χ1n) is 4.38. The maximum atomic E-state index is 11.9. The van der Waals surface area contributed by atoms with Crippen LogP contribution in [-0.4, -0.2) is 31.0 Å². The molecule has 0 spiro atoms. The highest BCUT2D eigenvalue weighted by Gasteiger charge is 2.28. The van der Waals surface area contributed by atoms with Gasteiger partial charge in [-0.05, 0) is 18.6 Å². The van der Waals surface area contributed by atoms with Crippen molar-refractivity contribution in [3.05, 3.63) is 23.5 Å². The molecule has 0 aromatic carbocycles. The molecular formula is C8H9ClN2O3S. The average Bonchev–Trinajstić information content (AvgIpc) is 2.71. The molecule has 15 heavy (non-hydrogen) atoms. The summed E-state index contributed by atoms with van der Waals surface area (Å²) < 4.78 is 24.8. The lowest BCUT2D eigenvalue weighted by Gasteiger charge is -2.13. The fraction of sp³-hybridized carbons (Fsp3) is 0.375. The Balaban J connectivity index is 2.36. The molecule has 1 saturated heterocycles. The number of hydroxylamine groups is 1. The van der Waals surface area contributed by atoms with Crippen molar-refractivity contribution in [2.45, 2.75) is 11.3 Å². The highest BCUT2D eigenvalue weighted by atomic mass is 35.5. The standard InChI is InChI=1S/C8H9ClN2O3S/c9-8-6-7(2-3-10-8)15(12,13)11-4-1-5-14-11/h2-3,6H,1,4-5H2. The zero-order valence-electron chi connectivity index (χ0n) is 7.76. The Morgan fingerprint density at radius 2 is 2.33 bits per heavy atom. The van der Waals surface area contributed by atoms with E-state index in [-0.39, 0.29) is 10.0 Å². The average molecular weight is 249 g/mol. The van der Waals surface area contributed by atoms with Crippen molar-refractivity contribution in [3.63, 3.8) is 0 Å². The maximum absolute atomic E-state index is 11.9. The predicted octanol–water partition coefficient (Wildman–Crippen LogP) is 1.06. The Morgan fingerprint density at radius 3 is 2.93 bits per heavy atom. The van der Waals surface area contributed by atoms with Gasteiger partial charge >= 0.3 is 0 Å². The largest absolute Gasteiger partial charge is 0.284 e. The zero-order chi connectivity index (χ0) is 10.9. The van der Waals surface area contributed by atoms with E-state index in [0.717, 1.165) is 4.47 Å². The van der Waals surface area contributed by atoms with Crippen LogP contribution >= 0.6 is 11.6 Å². The zero-order valence-corrected chi connectivity index (χ0v) is 9.33. The van der Waals surface area contributed by atoms with Crippen molar-refractivity contribution in [3.8, 4) is 0 Å². The Kier molecular flexibility index (Phi) is 2.92. The fourth-order valence-electron chi connectivity index (χ4n) is 1.28. The van der Waals surface area contributed by atoms with E-state index < -0.39 is 10.0 Å². The highest BCUT2D eigenvalue weighted by Crippen LogP contribution is 2.20. The molecule has 2 rings (SSSR count). The van der Waals surface area contributed by atoms with Gasteiger partial charge in [-0.25, -0.2) is 13.4 Å². The minimum Gasteiger partial charge on any atom is -0.284 e. The molecule has 82 valence electrons. The number of sulfonamides is 1. The van der Waals surface area contributed by atoms with Gasteiger partial charge in [0.25, 0.3) is 10.0 Å². The van der Waals surface area contributed by atoms with Crippen molar-refractivity contribution in [2.75, 3.05) is 13.2 Å². The van der Waals surface area contributed by atoms with Crippen LogP contribution in [0.2, 0.25) is 5.15 Å². The summed E-state index contributed by atoms with van der Waals surface area (Å²) in [6.45, 7) is 0.806. The van der Waals surface area contributed by atoms with Crippen molar-refractivity contribution >= 4 is 21.6 Å². The first-order valence-corrected chi connectivity index (χ1v) is 6.20. The van der Waals surface area contributed by atoms with Crippen molar-refractivity contribution in [1.82, 2.24) is 9.45 Å². The van der Waals surface area contributed by atoms with Crippen LogP contribution < -0.4 is 0 Å². The second-order valence-electron chi connectivity index (χ2n) is 3.03. The summed E-state index contributed by atoms with van der Waals surface area (Å²) in [4.78, 5) is 8.82. The van der Waals surface area contributed by atoms with Gasteiger partial charge in [-0.3, -0.25) is 4.84 Å². The number of hydrogen-bond donors (Lipinski definition) is 0. The molecule has 7 heteroatoms. The molecule has 0 bridgehead atoms. The van der Waals surface area contributed by atoms with E-state index in [1.165, 1.54) is 18.3 Å². The molecule has 0 aliphatic carbocycles. The van der Waals surface area contributed by atoms with Crippen molar-refractivity contribution in [1.29, 1.82) is 0 Å². The molecule has 0 unspecified atom stereocenters. The van der Waals surface area contributed by atoms with Crippen LogP contribution in [0.4, 0.5) is 0 Å². The van der Waals surface area contributed by atoms with Gasteiger partial charge < -0.3 is 0 Å². The van der Waals surface area contributed by atoms with Gasteiger partial charge in [0.15, 0.2) is 0 Å². The van der Waals surface area contributed by atoms with E-state index in [1.807, 2.05) is 0 Å². The molecule has 1 aliphatic heterocycles. The summed E-state index contributed by atoms with van der Waals surface area (Å²) in [7, 11) is -3.57. The van der Waals surface area contributed by atoms with Gasteiger partial charge in [0.1, 0.15) is 5.15 Å². The summed E-state index contributed by atoms with van der Waals surface area (Å²) in [5.74, 6) is 0. The van der Waals surface area contributed by atoms with E-state index in [1.54, 1.807) is 0 Å². The number of pyridine rings is 1. The van der Waals surface area contributed by atoms with E-state index >= 15 is 0 Å². The van der Waals surface area contributed by atoms with Crippen LogP contribution in [0, 0.1) is 0 Å². The molecule has 0 saturated carbocycles. The number of nitrogens with zero attached hydrogens (tertiary/aromatic N) is 2. The van der Waals surface area contributed by atoms with Gasteiger partial charge in [0, 0.05) is 12.7 Å². The van der Waals surface area contributed by atoms with Gasteiger partial charge in [-0.2, -0.15) is 0 Å². The topological polar surface area (TPSA) is 59.5 Å². The number of aromatic nitrogens is 1. The second-order valence-corrected chi connectivity index (χ2v) is 5.25. The first kappa shape index (κ1) is 10.8. The molecule has 0 atom stereocenters. The van der Waals surface area contributed by atoms with Crippen molar-refractivity contribution in [2.24, 2.45) is 0 Å². The van der Waals surface area contributed by atoms with Crippen LogP contribution in [0.5, 0.6) is 0 Å². The molecule has 1 aromatic rings. The number of rotatable bonds is 2. The minimum absolute atomic E-state index is 0.101. The van der Waals surface area contributed by atoms with E-state index in [2.05, 4.69) is 4.98 Å². The molecule has 1 aliphatic rings. The Labute approximate surface area is 92.6 Å². The van der Waals surface area contributed by atoms with Gasteiger partial charge in [0.05, 0.1) is 11.5 Å². The summed E-state index contributed by atoms with van der Waals surface area (Å²) >= 11 is 5.62. The quantitative estimate of drug-likeness (QED) is 0.735. The Morgan fingerprint density at radius 1 is 1.53 bits per heavy atom. The Hall–Kier alpha value is -0.690. The van der Waals surface area contributed by atoms with Crippen LogP contribution in [0.15, 0.2) is 23.2 Å². The molecule has 0 N–H and O–H groups in total. The van der Waals surface area contributed by atoms with Gasteiger partial charge in [-0.1, -0.05) is 16.1 Å². The molecule has 0 radical (unpaired) electrons. The normalized spacial score (nSPS) is 18.2. The monoisotopic (exact) mass is 248 g/mol. The lowest BCUT2D eigenvalue weighted by molar-refractivity contribution is -0.0284. The summed E-state index contributed by atoms with van der Waals surface area (Å²) in [5, 5.41) is 0.148. The lowest BCUT2D eigenvalue weighted by atomic mass is 10.5. The van der Waals surface area contributed by atoms with Crippen LogP contribution in [0.1, 0.15) is 6.42 Å². The van der Waals surface area contributed by atoms with E-state index in [4.69, 9.17) is 16.4 Å². The number of hydrogen-bond acceptors (Lipinski definition) is 4. The maximum Gasteiger partial charge on any atom is 0.265 e. The fourth-order valence-corrected chi connectivity index (χ4v) is 2.83. The van der Waals surface area contributed by atoms with Crippen LogP contribution in [-0.2, 0) is 14.9 Å². The summed E-state index contributed by atoms with van der Waals surface area (Å²) in [6.07, 6.45) is 2.06. The van der Waals surface area contributed by atoms with Gasteiger partial charge in [0.2, 0.25) is 0 Å². The second kappa shape index (κ2) is 4.05. The molecule has 2 heterocycles. The predicted molar refractivity (Wildman–Crippen MR) is 53.7 cm³/mol. The molecule has 1 fully saturated rings. The lowest BCUT2D eigenvalue weighted by Crippen LogP contribution is -2.26. The third-order valence-corrected chi connectivity index (χ3v) is 3.86. The summed E-state index contributed by atoms with van der Waals surface area (Å²) in [5.41, 5.74) is 0. The third kappa shape index (κ3) is 2.12. The SMILES string of the molecule is O=S(=O)(c1ccnc(Cl)c1)N1CCCO1. The van der Waals surface area contributed by atoms with Crippen molar-refractivity contribution < 1.29 is 13.3 Å². The molecule has 1 aromatic heterocycles. The van der Waals surface area contributed by atoms with Crippen LogP contribution in [0.25, 0.3) is 0 Å². The molecule has 5 nitrogen and oxygen atoms in total. The number of halogens is 1. The van der Waals surface area contributed by atoms with E-state index in [0.29, 0.717) is 19.6 Å². The molecule has 0 amide bonds. The minimum atomic E-state index is -3.57. The first-order chi connectivity index (χ1) is 7.10. The van der Waals surface area contributed by atoms with Gasteiger partial charge in [-0.15, -0.1) is 0 Å². The van der Waals surface area contributed by atoms with E-state index in [9.17, 15) is 8.42 Å². The smallest absolute Gasteiger partial charge is 0.265 e. The summed E-state index contributed by atoms with van der Waals surface area (Å²) in [6, 6.07) is 2.70. The highest BCUT2D eigenvalue weighted by molar-refractivity contribution is 7.89. The molecular weight excluding hydrogens is 240 g/mol. The third-order valence-electron chi connectivity index (χ3n) is 1.98. The Bertz CT molecular complexity index is 457.